The Bertz CT molecular complexity index is 414. The van der Waals surface area contributed by atoms with Gasteiger partial charge in [-0.2, -0.15) is 0 Å². The van der Waals surface area contributed by atoms with Crippen molar-refractivity contribution >= 4 is 17.5 Å². The van der Waals surface area contributed by atoms with E-state index in [9.17, 15) is 14.5 Å². The monoisotopic (exact) mass is 235 g/mol. The molecule has 17 heavy (non-hydrogen) atoms. The van der Waals surface area contributed by atoms with Crippen LogP contribution < -0.4 is 11.1 Å². The molecule has 1 rings (SSSR count). The lowest BCUT2D eigenvalue weighted by Crippen LogP contribution is -2.28. The highest BCUT2D eigenvalue weighted by molar-refractivity contribution is 5.85. The number of nitrogens with two attached hydrogens (primary N) is 1. The molecule has 0 radical (unpaired) electrons. The van der Waals surface area contributed by atoms with Crippen molar-refractivity contribution in [3.8, 4) is 0 Å². The molecule has 1 aromatic rings. The molecule has 0 atom stereocenters. The van der Waals surface area contributed by atoms with Crippen LogP contribution in [0.3, 0.4) is 0 Å². The Balaban J connectivity index is 2.30. The van der Waals surface area contributed by atoms with Gasteiger partial charge in [-0.1, -0.05) is 12.1 Å². The van der Waals surface area contributed by atoms with E-state index in [4.69, 9.17) is 5.73 Å². The van der Waals surface area contributed by atoms with Gasteiger partial charge in [0.25, 0.3) is 0 Å². The van der Waals surface area contributed by atoms with E-state index in [1.807, 2.05) is 12.1 Å². The Morgan fingerprint density at radius 3 is 2.47 bits per heavy atom. The minimum absolute atomic E-state index is 0.246. The molecular formula is C11H13N3O3. The van der Waals surface area contributed by atoms with Gasteiger partial charge in [-0.05, 0) is 24.1 Å². The van der Waals surface area contributed by atoms with Gasteiger partial charge < -0.3 is 11.1 Å². The number of nitrogen functional groups attached to an aromatic ring is 1. The van der Waals surface area contributed by atoms with Gasteiger partial charge in [-0.15, -0.1) is 4.91 Å². The largest absolute Gasteiger partial charge is 0.399 e. The van der Waals surface area contributed by atoms with Crippen LogP contribution in [0.4, 0.5) is 5.69 Å². The number of nitrogens with zero attached hydrogens (tertiary/aromatic N) is 1. The summed E-state index contributed by atoms with van der Waals surface area (Å²) >= 11 is 0. The third-order valence-corrected chi connectivity index (χ3v) is 2.16. The molecule has 0 bridgehead atoms. The van der Waals surface area contributed by atoms with E-state index in [1.54, 1.807) is 12.1 Å². The number of hydrogen-bond donors (Lipinski definition) is 2. The number of carbonyl (C=O) groups is 2. The van der Waals surface area contributed by atoms with Crippen molar-refractivity contribution < 1.29 is 9.59 Å². The van der Waals surface area contributed by atoms with E-state index in [2.05, 4.69) is 10.5 Å². The summed E-state index contributed by atoms with van der Waals surface area (Å²) in [6, 6.07) is 7.18. The number of nitroso groups, excluding NO2 is 1. The lowest BCUT2D eigenvalue weighted by atomic mass is 10.1. The fourth-order valence-electron chi connectivity index (χ4n) is 1.24. The zero-order valence-corrected chi connectivity index (χ0v) is 9.18. The maximum absolute atomic E-state index is 11.3. The second-order valence-electron chi connectivity index (χ2n) is 3.50. The second-order valence-corrected chi connectivity index (χ2v) is 3.50. The molecular weight excluding hydrogens is 222 g/mol. The van der Waals surface area contributed by atoms with E-state index >= 15 is 0 Å². The molecule has 1 aromatic carbocycles. The molecule has 2 amide bonds. The minimum Gasteiger partial charge on any atom is -0.399 e. The Kier molecular flexibility index (Phi) is 4.80. The lowest BCUT2D eigenvalue weighted by molar-refractivity contribution is -0.124. The third-order valence-electron chi connectivity index (χ3n) is 2.16. The van der Waals surface area contributed by atoms with Crippen molar-refractivity contribution in [1.82, 2.24) is 5.32 Å². The van der Waals surface area contributed by atoms with Crippen molar-refractivity contribution in [2.45, 2.75) is 12.8 Å². The fraction of sp³-hybridized carbons (Fsp3) is 0.273. The summed E-state index contributed by atoms with van der Waals surface area (Å²) in [5.74, 6) is -1.18. The summed E-state index contributed by atoms with van der Waals surface area (Å²) in [5, 5.41) is 4.48. The van der Waals surface area contributed by atoms with Gasteiger partial charge in [0, 0.05) is 17.3 Å². The predicted octanol–water partition coefficient (Wildman–Crippen LogP) is 0.611. The maximum atomic E-state index is 11.3. The van der Waals surface area contributed by atoms with Crippen LogP contribution in [0.2, 0.25) is 0 Å². The minimum atomic E-state index is -0.883. The average Bonchev–Trinajstić information content (AvgIpc) is 2.35. The highest BCUT2D eigenvalue weighted by Gasteiger charge is 2.05. The number of hydrogen-bond acceptors (Lipinski definition) is 4. The quantitative estimate of drug-likeness (QED) is 0.576. The van der Waals surface area contributed by atoms with Crippen LogP contribution >= 0.6 is 0 Å². The van der Waals surface area contributed by atoms with E-state index in [0.29, 0.717) is 12.1 Å². The molecule has 0 saturated heterocycles. The van der Waals surface area contributed by atoms with Crippen molar-refractivity contribution in [3.63, 3.8) is 0 Å². The van der Waals surface area contributed by atoms with E-state index in [0.717, 1.165) is 5.56 Å². The first-order valence-electron chi connectivity index (χ1n) is 5.09. The number of carbonyl (C=O) groups excluding carboxylic acids is 2. The van der Waals surface area contributed by atoms with Gasteiger partial charge in [-0.3, -0.25) is 9.59 Å². The van der Waals surface area contributed by atoms with Crippen molar-refractivity contribution in [1.29, 1.82) is 0 Å². The van der Waals surface area contributed by atoms with E-state index in [1.165, 1.54) is 0 Å². The Hall–Kier alpha value is -2.24. The third kappa shape index (κ3) is 4.87. The summed E-state index contributed by atoms with van der Waals surface area (Å²) in [4.78, 5) is 31.6. The zero-order valence-electron chi connectivity index (χ0n) is 9.18. The Morgan fingerprint density at radius 2 is 1.88 bits per heavy atom. The van der Waals surface area contributed by atoms with Gasteiger partial charge in [-0.25, -0.2) is 0 Å². The highest BCUT2D eigenvalue weighted by atomic mass is 16.3. The number of nitrogens with one attached hydrogen (secondary N) is 1. The van der Waals surface area contributed by atoms with E-state index in [-0.39, 0.29) is 18.9 Å². The fourth-order valence-corrected chi connectivity index (χ4v) is 1.24. The second kappa shape index (κ2) is 6.37. The molecule has 90 valence electrons. The van der Waals surface area contributed by atoms with Crippen LogP contribution in [0.25, 0.3) is 0 Å². The predicted molar refractivity (Wildman–Crippen MR) is 63.0 cm³/mol. The molecule has 0 unspecified atom stereocenters. The molecule has 0 heterocycles. The molecule has 0 fully saturated rings. The molecule has 0 aliphatic heterocycles. The Morgan fingerprint density at radius 1 is 1.24 bits per heavy atom. The smallest absolute Gasteiger partial charge is 0.305 e. The van der Waals surface area contributed by atoms with Crippen molar-refractivity contribution in [2.24, 2.45) is 5.18 Å². The number of rotatable bonds is 5. The molecule has 0 spiro atoms. The van der Waals surface area contributed by atoms with Crippen LogP contribution in [0.15, 0.2) is 29.4 Å². The van der Waals surface area contributed by atoms with Gasteiger partial charge in [0.05, 0.1) is 0 Å². The van der Waals surface area contributed by atoms with Crippen LogP contribution in [-0.4, -0.2) is 18.4 Å². The molecule has 6 nitrogen and oxygen atoms in total. The number of amides is 2. The van der Waals surface area contributed by atoms with Gasteiger partial charge in [0.15, 0.2) is 0 Å². The first-order valence-corrected chi connectivity index (χ1v) is 5.09. The number of aryl methyl sites for hydroxylation is 1. The van der Waals surface area contributed by atoms with Gasteiger partial charge >= 0.3 is 5.91 Å². The Labute approximate surface area is 98.2 Å². The van der Waals surface area contributed by atoms with E-state index < -0.39 is 5.91 Å². The van der Waals surface area contributed by atoms with Crippen LogP contribution in [-0.2, 0) is 16.0 Å². The normalized spacial score (nSPS) is 9.65. The van der Waals surface area contributed by atoms with Crippen LogP contribution in [0.1, 0.15) is 12.0 Å². The molecule has 3 N–H and O–H groups in total. The molecule has 0 aromatic heterocycles. The first-order chi connectivity index (χ1) is 8.11. The molecule has 0 aliphatic carbocycles. The number of anilines is 1. The highest BCUT2D eigenvalue weighted by Crippen LogP contribution is 2.07. The zero-order chi connectivity index (χ0) is 12.7. The maximum Gasteiger partial charge on any atom is 0.305 e. The topological polar surface area (TPSA) is 102 Å². The van der Waals surface area contributed by atoms with Gasteiger partial charge in [0.2, 0.25) is 5.91 Å². The van der Waals surface area contributed by atoms with Gasteiger partial charge in [0.1, 0.15) is 6.54 Å². The lowest BCUT2D eigenvalue weighted by Gasteiger charge is -2.03. The summed E-state index contributed by atoms with van der Waals surface area (Å²) < 4.78 is 0. The van der Waals surface area contributed by atoms with Crippen LogP contribution in [0.5, 0.6) is 0 Å². The van der Waals surface area contributed by atoms with Crippen molar-refractivity contribution in [2.75, 3.05) is 12.3 Å². The molecule has 6 heteroatoms. The average molecular weight is 235 g/mol. The SMILES string of the molecule is Nc1ccc(CCC(=O)NCC(=O)N=O)cc1. The first kappa shape index (κ1) is 12.8. The summed E-state index contributed by atoms with van der Waals surface area (Å²) in [6.45, 7) is -0.343. The standard InChI is InChI=1S/C11H13N3O3/c12-9-4-1-8(2-5-9)3-6-10(15)13-7-11(16)14-17/h1-2,4-5H,3,6-7,12H2,(H,13,15). The summed E-state index contributed by atoms with van der Waals surface area (Å²) in [6.07, 6.45) is 0.797. The van der Waals surface area contributed by atoms with Crippen LogP contribution in [0, 0.1) is 4.91 Å². The summed E-state index contributed by atoms with van der Waals surface area (Å²) in [5.41, 5.74) is 7.17. The molecule has 0 aliphatic rings. The number of benzene rings is 1. The van der Waals surface area contributed by atoms with Crippen molar-refractivity contribution in [3.05, 3.63) is 34.7 Å². The molecule has 0 saturated carbocycles. The summed E-state index contributed by atoms with van der Waals surface area (Å²) in [7, 11) is 0.